The number of nitrogens with two attached hydrogens (primary N) is 1. The zero-order chi connectivity index (χ0) is 13.8. The fraction of sp³-hybridized carbons (Fsp3) is 0.667. The average Bonchev–Trinajstić information content (AvgIpc) is 2.35. The summed E-state index contributed by atoms with van der Waals surface area (Å²) in [4.78, 5) is 10.4. The Labute approximate surface area is 109 Å². The van der Waals surface area contributed by atoms with Gasteiger partial charge in [-0.15, -0.1) is 0 Å². The second kappa shape index (κ2) is 5.97. The number of hydrogen-bond acceptors (Lipinski definition) is 6. The molecular weight excluding hydrogens is 230 g/mol. The van der Waals surface area contributed by atoms with E-state index in [1.807, 2.05) is 21.0 Å². The molecule has 102 valence electrons. The molecule has 0 fully saturated rings. The predicted octanol–water partition coefficient (Wildman–Crippen LogP) is 1.04. The number of hydrogen-bond donors (Lipinski definition) is 2. The van der Waals surface area contributed by atoms with E-state index in [0.29, 0.717) is 18.3 Å². The molecule has 3 N–H and O–H groups in total. The van der Waals surface area contributed by atoms with Crippen LogP contribution in [0.2, 0.25) is 0 Å². The highest BCUT2D eigenvalue weighted by Crippen LogP contribution is 2.23. The third-order valence-corrected chi connectivity index (χ3v) is 3.17. The van der Waals surface area contributed by atoms with E-state index in [-0.39, 0.29) is 5.54 Å². The number of anilines is 1. The minimum Gasteiger partial charge on any atom is -0.475 e. The van der Waals surface area contributed by atoms with Gasteiger partial charge in [0.1, 0.15) is 18.8 Å². The summed E-state index contributed by atoms with van der Waals surface area (Å²) >= 11 is 0. The molecule has 1 aromatic rings. The molecule has 1 heterocycles. The van der Waals surface area contributed by atoms with Gasteiger partial charge in [0.25, 0.3) is 0 Å². The molecule has 0 spiro atoms. The van der Waals surface area contributed by atoms with Crippen molar-refractivity contribution in [2.45, 2.75) is 32.7 Å². The van der Waals surface area contributed by atoms with Gasteiger partial charge in [-0.2, -0.15) is 0 Å². The smallest absolute Gasteiger partial charge is 0.221 e. The maximum absolute atomic E-state index is 5.81. The Bertz CT molecular complexity index is 392. The molecule has 0 aromatic carbocycles. The molecule has 0 bridgehead atoms. The van der Waals surface area contributed by atoms with Crippen molar-refractivity contribution in [3.05, 3.63) is 11.9 Å². The van der Waals surface area contributed by atoms with Gasteiger partial charge in [0.05, 0.1) is 5.56 Å². The number of aromatic nitrogens is 2. The lowest BCUT2D eigenvalue weighted by Crippen LogP contribution is -2.43. The van der Waals surface area contributed by atoms with Crippen LogP contribution in [0.4, 0.5) is 5.82 Å². The second-order valence-corrected chi connectivity index (χ2v) is 5.00. The summed E-state index contributed by atoms with van der Waals surface area (Å²) in [6, 6.07) is 0. The van der Waals surface area contributed by atoms with E-state index in [1.54, 1.807) is 0 Å². The first kappa shape index (κ1) is 14.7. The van der Waals surface area contributed by atoms with E-state index in [9.17, 15) is 0 Å². The molecule has 1 rings (SSSR count). The van der Waals surface area contributed by atoms with Crippen LogP contribution in [0.25, 0.3) is 0 Å². The maximum Gasteiger partial charge on any atom is 0.221 e. The fourth-order valence-corrected chi connectivity index (χ4v) is 1.34. The van der Waals surface area contributed by atoms with Crippen LogP contribution in [0.1, 0.15) is 26.3 Å². The highest BCUT2D eigenvalue weighted by atomic mass is 16.5. The third-order valence-electron chi connectivity index (χ3n) is 3.17. The van der Waals surface area contributed by atoms with E-state index < -0.39 is 0 Å². The van der Waals surface area contributed by atoms with Gasteiger partial charge in [-0.3, -0.25) is 0 Å². The molecular formula is C12H23N5O. The molecule has 0 saturated carbocycles. The Morgan fingerprint density at radius 2 is 2.06 bits per heavy atom. The van der Waals surface area contributed by atoms with Gasteiger partial charge in [-0.05, 0) is 34.4 Å². The Hall–Kier alpha value is -1.40. The third kappa shape index (κ3) is 3.30. The topological polar surface area (TPSA) is 76.3 Å². The summed E-state index contributed by atoms with van der Waals surface area (Å²) in [7, 11) is 4.05. The largest absolute Gasteiger partial charge is 0.475 e. The van der Waals surface area contributed by atoms with Crippen molar-refractivity contribution >= 4 is 5.82 Å². The van der Waals surface area contributed by atoms with Crippen LogP contribution in [0.5, 0.6) is 5.88 Å². The van der Waals surface area contributed by atoms with Gasteiger partial charge >= 0.3 is 0 Å². The number of hydrazine groups is 1. The maximum atomic E-state index is 5.81. The molecule has 6 nitrogen and oxygen atoms in total. The van der Waals surface area contributed by atoms with Crippen molar-refractivity contribution in [2.24, 2.45) is 5.84 Å². The van der Waals surface area contributed by atoms with Crippen molar-refractivity contribution in [3.63, 3.8) is 0 Å². The predicted molar refractivity (Wildman–Crippen MR) is 72.5 cm³/mol. The van der Waals surface area contributed by atoms with Gasteiger partial charge in [0.15, 0.2) is 0 Å². The van der Waals surface area contributed by atoms with E-state index in [2.05, 4.69) is 34.1 Å². The number of nitrogen functional groups attached to an aromatic ring is 1. The highest BCUT2D eigenvalue weighted by Gasteiger charge is 2.22. The summed E-state index contributed by atoms with van der Waals surface area (Å²) in [5.41, 5.74) is 3.40. The number of nitrogens with one attached hydrogen (secondary N) is 1. The zero-order valence-corrected chi connectivity index (χ0v) is 11.8. The Kier molecular flexibility index (Phi) is 4.86. The minimum absolute atomic E-state index is 0.0632. The SMILES string of the molecule is CCc1c(NN)ncnc1OCC(C)(C)N(C)C. The minimum atomic E-state index is -0.0632. The number of ether oxygens (including phenoxy) is 1. The number of nitrogens with zero attached hydrogens (tertiary/aromatic N) is 3. The lowest BCUT2D eigenvalue weighted by Gasteiger charge is -2.32. The molecule has 18 heavy (non-hydrogen) atoms. The van der Waals surface area contributed by atoms with Gasteiger partial charge < -0.3 is 15.1 Å². The van der Waals surface area contributed by atoms with Crippen molar-refractivity contribution in [3.8, 4) is 5.88 Å². The lowest BCUT2D eigenvalue weighted by molar-refractivity contribution is 0.110. The molecule has 0 unspecified atom stereocenters. The normalized spacial score (nSPS) is 11.7. The standard InChI is InChI=1S/C12H23N5O/c1-6-9-10(16-13)14-8-15-11(9)18-7-12(2,3)17(4)5/h8H,6-7,13H2,1-5H3,(H,14,15,16). The first-order valence-electron chi connectivity index (χ1n) is 6.03. The molecule has 0 amide bonds. The van der Waals surface area contributed by atoms with Gasteiger partial charge in [0, 0.05) is 5.54 Å². The van der Waals surface area contributed by atoms with Crippen LogP contribution in [0.3, 0.4) is 0 Å². The van der Waals surface area contributed by atoms with Gasteiger partial charge in [-0.25, -0.2) is 15.8 Å². The molecule has 0 radical (unpaired) electrons. The molecule has 6 heteroatoms. The average molecular weight is 253 g/mol. The summed E-state index contributed by atoms with van der Waals surface area (Å²) in [5.74, 6) is 6.63. The van der Waals surface area contributed by atoms with E-state index in [4.69, 9.17) is 10.6 Å². The van der Waals surface area contributed by atoms with Crippen molar-refractivity contribution < 1.29 is 4.74 Å². The molecule has 1 aromatic heterocycles. The Balaban J connectivity index is 2.85. The lowest BCUT2D eigenvalue weighted by atomic mass is 10.1. The van der Waals surface area contributed by atoms with E-state index in [1.165, 1.54) is 6.33 Å². The monoisotopic (exact) mass is 253 g/mol. The summed E-state index contributed by atoms with van der Waals surface area (Å²) < 4.78 is 5.81. The summed E-state index contributed by atoms with van der Waals surface area (Å²) in [5, 5.41) is 0. The van der Waals surface area contributed by atoms with Crippen molar-refractivity contribution in [2.75, 3.05) is 26.1 Å². The molecule has 0 aliphatic rings. The quantitative estimate of drug-likeness (QED) is 0.583. The summed E-state index contributed by atoms with van der Waals surface area (Å²) in [6.07, 6.45) is 2.21. The van der Waals surface area contributed by atoms with Crippen LogP contribution in [-0.2, 0) is 6.42 Å². The van der Waals surface area contributed by atoms with Crippen LogP contribution in [-0.4, -0.2) is 41.1 Å². The Morgan fingerprint density at radius 3 is 2.56 bits per heavy atom. The number of likely N-dealkylation sites (N-methyl/N-ethyl adjacent to an activating group) is 1. The molecule has 0 aliphatic heterocycles. The van der Waals surface area contributed by atoms with Crippen LogP contribution in [0, 0.1) is 0 Å². The first-order valence-corrected chi connectivity index (χ1v) is 6.03. The van der Waals surface area contributed by atoms with Crippen LogP contribution in [0.15, 0.2) is 6.33 Å². The van der Waals surface area contributed by atoms with E-state index >= 15 is 0 Å². The fourth-order valence-electron chi connectivity index (χ4n) is 1.34. The second-order valence-electron chi connectivity index (χ2n) is 5.00. The van der Waals surface area contributed by atoms with Gasteiger partial charge in [0.2, 0.25) is 5.88 Å². The van der Waals surface area contributed by atoms with Gasteiger partial charge in [-0.1, -0.05) is 6.92 Å². The zero-order valence-electron chi connectivity index (χ0n) is 11.8. The Morgan fingerprint density at radius 1 is 1.39 bits per heavy atom. The number of rotatable bonds is 6. The first-order chi connectivity index (χ1) is 8.42. The van der Waals surface area contributed by atoms with Crippen molar-refractivity contribution in [1.29, 1.82) is 0 Å². The summed E-state index contributed by atoms with van der Waals surface area (Å²) in [6.45, 7) is 6.79. The van der Waals surface area contributed by atoms with E-state index in [0.717, 1.165) is 12.0 Å². The molecule has 0 saturated heterocycles. The van der Waals surface area contributed by atoms with Crippen LogP contribution < -0.4 is 16.0 Å². The highest BCUT2D eigenvalue weighted by molar-refractivity contribution is 5.47. The molecule has 0 aliphatic carbocycles. The van der Waals surface area contributed by atoms with Crippen molar-refractivity contribution in [1.82, 2.24) is 14.9 Å². The molecule has 0 atom stereocenters. The van der Waals surface area contributed by atoms with Crippen LogP contribution >= 0.6 is 0 Å².